The standard InChI is InChI=1S/C21H33FN4O3S.HI/c1-23-21(25-11-10-24-20(27)12-16-6-4-3-5-7-16)26-14-18-13-19(22)9-8-17(18)15-30(2,28)29;/h8-9,13,16H,3-7,10-12,14-15H2,1-2H3,(H,24,27)(H2,23,25,26);1H. The van der Waals surface area contributed by atoms with E-state index < -0.39 is 15.7 Å². The van der Waals surface area contributed by atoms with E-state index in [4.69, 9.17) is 0 Å². The van der Waals surface area contributed by atoms with Gasteiger partial charge in [-0.15, -0.1) is 24.0 Å². The molecule has 0 saturated heterocycles. The molecule has 0 aromatic heterocycles. The van der Waals surface area contributed by atoms with Crippen LogP contribution in [0.2, 0.25) is 0 Å². The second-order valence-electron chi connectivity index (χ2n) is 7.89. The maximum Gasteiger partial charge on any atom is 0.220 e. The molecule has 1 aliphatic rings. The molecule has 2 rings (SSSR count). The summed E-state index contributed by atoms with van der Waals surface area (Å²) in [7, 11) is -1.62. The highest BCUT2D eigenvalue weighted by Crippen LogP contribution is 2.25. The Bertz CT molecular complexity index is 843. The molecular weight excluding hydrogens is 534 g/mol. The molecule has 0 aliphatic heterocycles. The molecular formula is C21H34FIN4O3S. The predicted molar refractivity (Wildman–Crippen MR) is 133 cm³/mol. The number of amides is 1. The van der Waals surface area contributed by atoms with Crippen molar-refractivity contribution >= 4 is 45.7 Å². The van der Waals surface area contributed by atoms with Gasteiger partial charge in [0, 0.05) is 39.4 Å². The molecule has 1 fully saturated rings. The van der Waals surface area contributed by atoms with E-state index in [1.54, 1.807) is 7.05 Å². The number of rotatable bonds is 9. The molecule has 0 unspecified atom stereocenters. The van der Waals surface area contributed by atoms with Crippen LogP contribution in [0.25, 0.3) is 0 Å². The van der Waals surface area contributed by atoms with Gasteiger partial charge in [-0.2, -0.15) is 0 Å². The quantitative estimate of drug-likeness (QED) is 0.184. The lowest BCUT2D eigenvalue weighted by atomic mass is 9.87. The summed E-state index contributed by atoms with van der Waals surface area (Å²) in [4.78, 5) is 16.2. The maximum atomic E-state index is 13.6. The Morgan fingerprint density at radius 1 is 1.10 bits per heavy atom. The molecule has 0 atom stereocenters. The Labute approximate surface area is 202 Å². The van der Waals surface area contributed by atoms with Gasteiger partial charge in [0.15, 0.2) is 15.8 Å². The fourth-order valence-corrected chi connectivity index (χ4v) is 4.54. The molecule has 0 bridgehead atoms. The fraction of sp³-hybridized carbons (Fsp3) is 0.619. The number of carbonyl (C=O) groups excluding carboxylic acids is 1. The van der Waals surface area contributed by atoms with Gasteiger partial charge in [0.1, 0.15) is 5.82 Å². The number of halogens is 2. The van der Waals surface area contributed by atoms with Crippen molar-refractivity contribution in [3.05, 3.63) is 35.1 Å². The first kappa shape index (κ1) is 27.6. The van der Waals surface area contributed by atoms with Crippen molar-refractivity contribution in [1.82, 2.24) is 16.0 Å². The summed E-state index contributed by atoms with van der Waals surface area (Å²) in [5, 5.41) is 9.08. The molecule has 0 spiro atoms. The normalized spacial score (nSPS) is 15.1. The molecule has 1 aromatic rings. The predicted octanol–water partition coefficient (Wildman–Crippen LogP) is 2.74. The topological polar surface area (TPSA) is 99.7 Å². The number of benzene rings is 1. The van der Waals surface area contributed by atoms with E-state index >= 15 is 0 Å². The van der Waals surface area contributed by atoms with Crippen LogP contribution in [0.1, 0.15) is 49.7 Å². The van der Waals surface area contributed by atoms with Crippen molar-refractivity contribution in [3.63, 3.8) is 0 Å². The Kier molecular flexibility index (Phi) is 12.3. The van der Waals surface area contributed by atoms with E-state index in [1.807, 2.05) is 0 Å². The van der Waals surface area contributed by atoms with Crippen LogP contribution in [-0.2, 0) is 26.9 Å². The Morgan fingerprint density at radius 2 is 1.77 bits per heavy atom. The van der Waals surface area contributed by atoms with Gasteiger partial charge in [0.2, 0.25) is 5.91 Å². The fourth-order valence-electron chi connectivity index (χ4n) is 3.69. The SMILES string of the molecule is CN=C(NCCNC(=O)CC1CCCCC1)NCc1cc(F)ccc1CS(C)(=O)=O.I. The molecule has 0 radical (unpaired) electrons. The smallest absolute Gasteiger partial charge is 0.220 e. The zero-order chi connectivity index (χ0) is 22.0. The highest BCUT2D eigenvalue weighted by atomic mass is 127. The Morgan fingerprint density at radius 3 is 2.42 bits per heavy atom. The second kappa shape index (κ2) is 13.9. The number of nitrogens with one attached hydrogen (secondary N) is 3. The molecule has 1 aromatic carbocycles. The summed E-state index contributed by atoms with van der Waals surface area (Å²) in [5.41, 5.74) is 1.11. The third-order valence-corrected chi connectivity index (χ3v) is 6.03. The van der Waals surface area contributed by atoms with Gasteiger partial charge < -0.3 is 16.0 Å². The first-order chi connectivity index (χ1) is 14.3. The largest absolute Gasteiger partial charge is 0.355 e. The van der Waals surface area contributed by atoms with Gasteiger partial charge in [-0.05, 0) is 42.0 Å². The number of sulfone groups is 1. The van der Waals surface area contributed by atoms with Crippen molar-refractivity contribution in [3.8, 4) is 0 Å². The number of hydrogen-bond donors (Lipinski definition) is 3. The summed E-state index contributed by atoms with van der Waals surface area (Å²) in [6.07, 6.45) is 7.75. The first-order valence-electron chi connectivity index (χ1n) is 10.4. The first-order valence-corrected chi connectivity index (χ1v) is 12.5. The molecule has 31 heavy (non-hydrogen) atoms. The van der Waals surface area contributed by atoms with Crippen LogP contribution in [0.5, 0.6) is 0 Å². The van der Waals surface area contributed by atoms with E-state index in [1.165, 1.54) is 37.5 Å². The minimum atomic E-state index is -3.23. The average Bonchev–Trinajstić information content (AvgIpc) is 2.69. The van der Waals surface area contributed by atoms with Gasteiger partial charge in [-0.3, -0.25) is 9.79 Å². The van der Waals surface area contributed by atoms with Gasteiger partial charge in [0.05, 0.1) is 5.75 Å². The summed E-state index contributed by atoms with van der Waals surface area (Å²) in [6.45, 7) is 1.21. The molecule has 7 nitrogen and oxygen atoms in total. The molecule has 176 valence electrons. The zero-order valence-electron chi connectivity index (χ0n) is 18.2. The number of nitrogens with zero attached hydrogens (tertiary/aromatic N) is 1. The van der Waals surface area contributed by atoms with Gasteiger partial charge >= 0.3 is 0 Å². The minimum absolute atomic E-state index is 0. The van der Waals surface area contributed by atoms with E-state index in [0.717, 1.165) is 19.1 Å². The highest BCUT2D eigenvalue weighted by molar-refractivity contribution is 14.0. The van der Waals surface area contributed by atoms with Crippen LogP contribution in [0.4, 0.5) is 4.39 Å². The lowest BCUT2D eigenvalue weighted by Gasteiger charge is -2.21. The summed E-state index contributed by atoms with van der Waals surface area (Å²) < 4.78 is 36.8. The second-order valence-corrected chi connectivity index (χ2v) is 10.0. The Hall–Kier alpha value is -1.43. The van der Waals surface area contributed by atoms with Gasteiger partial charge in [0.25, 0.3) is 0 Å². The molecule has 1 saturated carbocycles. The van der Waals surface area contributed by atoms with Crippen molar-refractivity contribution in [1.29, 1.82) is 0 Å². The average molecular weight is 568 g/mol. The summed E-state index contributed by atoms with van der Waals surface area (Å²) in [5.74, 6) is 0.507. The number of guanidine groups is 1. The van der Waals surface area contributed by atoms with E-state index in [-0.39, 0.29) is 42.2 Å². The van der Waals surface area contributed by atoms with Crippen LogP contribution in [-0.4, -0.2) is 46.7 Å². The van der Waals surface area contributed by atoms with E-state index in [2.05, 4.69) is 20.9 Å². The van der Waals surface area contributed by atoms with E-state index in [9.17, 15) is 17.6 Å². The lowest BCUT2D eigenvalue weighted by Crippen LogP contribution is -2.41. The lowest BCUT2D eigenvalue weighted by molar-refractivity contribution is -0.122. The van der Waals surface area contributed by atoms with Crippen LogP contribution < -0.4 is 16.0 Å². The zero-order valence-corrected chi connectivity index (χ0v) is 21.4. The molecule has 10 heteroatoms. The van der Waals surface area contributed by atoms with Crippen molar-refractivity contribution < 1.29 is 17.6 Å². The summed E-state index contributed by atoms with van der Waals surface area (Å²) in [6, 6.07) is 4.07. The number of aliphatic imine (C=N–C) groups is 1. The Balaban J connectivity index is 0.00000480. The third kappa shape index (κ3) is 11.1. The van der Waals surface area contributed by atoms with Crippen LogP contribution >= 0.6 is 24.0 Å². The molecule has 3 N–H and O–H groups in total. The van der Waals surface area contributed by atoms with E-state index in [0.29, 0.717) is 42.5 Å². The monoisotopic (exact) mass is 568 g/mol. The summed E-state index contributed by atoms with van der Waals surface area (Å²) >= 11 is 0. The molecule has 1 amide bonds. The van der Waals surface area contributed by atoms with Crippen LogP contribution in [0.3, 0.4) is 0 Å². The van der Waals surface area contributed by atoms with Crippen molar-refractivity contribution in [2.45, 2.75) is 50.8 Å². The number of carbonyl (C=O) groups is 1. The molecule has 1 aliphatic carbocycles. The van der Waals surface area contributed by atoms with Crippen LogP contribution in [0, 0.1) is 11.7 Å². The number of hydrogen-bond acceptors (Lipinski definition) is 4. The maximum absolute atomic E-state index is 13.6. The van der Waals surface area contributed by atoms with Gasteiger partial charge in [-0.1, -0.05) is 25.3 Å². The highest BCUT2D eigenvalue weighted by Gasteiger charge is 2.16. The van der Waals surface area contributed by atoms with Crippen molar-refractivity contribution in [2.75, 3.05) is 26.4 Å². The minimum Gasteiger partial charge on any atom is -0.355 e. The third-order valence-electron chi connectivity index (χ3n) is 5.19. The van der Waals surface area contributed by atoms with Gasteiger partial charge in [-0.25, -0.2) is 12.8 Å². The molecule has 0 heterocycles. The van der Waals surface area contributed by atoms with Crippen LogP contribution in [0.15, 0.2) is 23.2 Å². The van der Waals surface area contributed by atoms with Crippen molar-refractivity contribution in [2.24, 2.45) is 10.9 Å².